The third-order valence-electron chi connectivity index (χ3n) is 8.76. The molecular weight excluding hydrogens is 556 g/mol. The van der Waals surface area contributed by atoms with Crippen molar-refractivity contribution in [3.63, 3.8) is 0 Å². The molecule has 2 aliphatic rings. The average molecular weight is 592 g/mol. The number of benzene rings is 2. The highest BCUT2D eigenvalue weighted by Gasteiger charge is 2.44. The molecule has 2 aromatic carbocycles. The lowest BCUT2D eigenvalue weighted by Crippen LogP contribution is -2.31. The van der Waals surface area contributed by atoms with Gasteiger partial charge >= 0.3 is 6.01 Å². The van der Waals surface area contributed by atoms with E-state index in [0.717, 1.165) is 32.0 Å². The fourth-order valence-corrected chi connectivity index (χ4v) is 6.22. The zero-order valence-electron chi connectivity index (χ0n) is 24.6. The Hall–Kier alpha value is -3.76. The molecule has 2 heterocycles. The number of aliphatic hydroxyl groups is 1. The van der Waals surface area contributed by atoms with E-state index in [2.05, 4.69) is 15.0 Å². The lowest BCUT2D eigenvalue weighted by atomic mass is 9.77. The molecule has 0 spiro atoms. The molecule has 1 unspecified atom stereocenters. The van der Waals surface area contributed by atoms with Crippen molar-refractivity contribution < 1.29 is 32.9 Å². The van der Waals surface area contributed by atoms with Crippen LogP contribution in [0.5, 0.6) is 11.8 Å². The van der Waals surface area contributed by atoms with Crippen LogP contribution in [0.15, 0.2) is 30.5 Å². The second-order valence-corrected chi connectivity index (χ2v) is 12.1. The monoisotopic (exact) mass is 591 g/mol. The molecule has 0 bridgehead atoms. The summed E-state index contributed by atoms with van der Waals surface area (Å²) >= 11 is 0. The molecule has 2 aromatic heterocycles. The van der Waals surface area contributed by atoms with Crippen LogP contribution in [0, 0.1) is 17.0 Å². The standard InChI is InChI=1S/C33H35F2N3O5/c1-4-22-25(34)8-7-19-12-21(43-18-41-3)13-23(26(19)22)29-27(35)30-24(15-36-29)28(20-6-5-9-32(2,40)14-20)37-31(38-30)42-17-33(16-39)10-11-33/h7-8,12-13,15-16,20,40H,4-6,9-11,14,17-18H2,1-3H3/t20?,32-/m1/s1. The molecule has 2 atom stereocenters. The van der Waals surface area contributed by atoms with Gasteiger partial charge in [0.1, 0.15) is 35.7 Å². The number of aldehydes is 1. The second-order valence-electron chi connectivity index (χ2n) is 12.1. The van der Waals surface area contributed by atoms with Crippen molar-refractivity contribution in [3.8, 4) is 23.0 Å². The smallest absolute Gasteiger partial charge is 0.317 e. The van der Waals surface area contributed by atoms with E-state index < -0.39 is 22.7 Å². The van der Waals surface area contributed by atoms with Crippen molar-refractivity contribution in [2.75, 3.05) is 20.5 Å². The number of hydrogen-bond acceptors (Lipinski definition) is 8. The lowest BCUT2D eigenvalue weighted by Gasteiger charge is -2.34. The number of hydrogen-bond donors (Lipinski definition) is 1. The van der Waals surface area contributed by atoms with Crippen molar-refractivity contribution in [1.82, 2.24) is 15.0 Å². The number of halogens is 2. The molecule has 0 radical (unpaired) electrons. The van der Waals surface area contributed by atoms with Gasteiger partial charge in [-0.1, -0.05) is 13.0 Å². The van der Waals surface area contributed by atoms with Crippen molar-refractivity contribution in [1.29, 1.82) is 0 Å². The first kappa shape index (κ1) is 29.3. The number of aryl methyl sites for hydroxylation is 1. The van der Waals surface area contributed by atoms with E-state index in [-0.39, 0.29) is 36.5 Å². The maximum atomic E-state index is 16.8. The topological polar surface area (TPSA) is 104 Å². The van der Waals surface area contributed by atoms with E-state index in [9.17, 15) is 9.90 Å². The van der Waals surface area contributed by atoms with Gasteiger partial charge in [-0.05, 0) is 86.4 Å². The molecular formula is C33H35F2N3O5. The van der Waals surface area contributed by atoms with Crippen LogP contribution in [-0.4, -0.2) is 52.5 Å². The maximum Gasteiger partial charge on any atom is 0.317 e. The molecule has 0 aliphatic heterocycles. The summed E-state index contributed by atoms with van der Waals surface area (Å²) in [5.41, 5.74) is -0.0956. The number of carbonyl (C=O) groups is 1. The zero-order valence-corrected chi connectivity index (χ0v) is 24.6. The van der Waals surface area contributed by atoms with Crippen LogP contribution in [0.25, 0.3) is 32.9 Å². The highest BCUT2D eigenvalue weighted by molar-refractivity contribution is 6.01. The molecule has 6 rings (SSSR count). The Bertz CT molecular complexity index is 1710. The molecule has 0 saturated heterocycles. The summed E-state index contributed by atoms with van der Waals surface area (Å²) in [4.78, 5) is 25.3. The number of rotatable bonds is 10. The highest BCUT2D eigenvalue weighted by Crippen LogP contribution is 2.45. The highest BCUT2D eigenvalue weighted by atomic mass is 19.1. The van der Waals surface area contributed by atoms with Crippen LogP contribution >= 0.6 is 0 Å². The summed E-state index contributed by atoms with van der Waals surface area (Å²) in [6.45, 7) is 3.72. The summed E-state index contributed by atoms with van der Waals surface area (Å²) in [5.74, 6) is -0.852. The Morgan fingerprint density at radius 2 is 1.95 bits per heavy atom. The number of pyridine rings is 1. The first-order chi connectivity index (χ1) is 20.7. The van der Waals surface area contributed by atoms with Crippen LogP contribution < -0.4 is 9.47 Å². The molecule has 226 valence electrons. The zero-order chi connectivity index (χ0) is 30.4. The van der Waals surface area contributed by atoms with Gasteiger partial charge in [0.2, 0.25) is 0 Å². The van der Waals surface area contributed by atoms with Crippen molar-refractivity contribution in [2.45, 2.75) is 70.3 Å². The van der Waals surface area contributed by atoms with Gasteiger partial charge in [-0.15, -0.1) is 0 Å². The van der Waals surface area contributed by atoms with Crippen LogP contribution in [0.4, 0.5) is 8.78 Å². The van der Waals surface area contributed by atoms with Crippen LogP contribution in [-0.2, 0) is 16.0 Å². The van der Waals surface area contributed by atoms with Gasteiger partial charge in [-0.2, -0.15) is 9.97 Å². The maximum absolute atomic E-state index is 16.8. The Morgan fingerprint density at radius 1 is 1.14 bits per heavy atom. The van der Waals surface area contributed by atoms with Crippen LogP contribution in [0.2, 0.25) is 0 Å². The normalized spacial score (nSPS) is 21.2. The van der Waals surface area contributed by atoms with Crippen LogP contribution in [0.1, 0.15) is 69.5 Å². The fourth-order valence-electron chi connectivity index (χ4n) is 6.22. The largest absolute Gasteiger partial charge is 0.468 e. The minimum absolute atomic E-state index is 0.0111. The van der Waals surface area contributed by atoms with E-state index in [0.29, 0.717) is 58.0 Å². The molecule has 0 amide bonds. The summed E-state index contributed by atoms with van der Waals surface area (Å²) in [6, 6.07) is 6.39. The SMILES string of the molecule is CCc1c(F)ccc2cc(OCOC)cc(-c3ncc4c(C5CCC[C@@](C)(O)C5)nc(OCC5(C=O)CC5)nc4c3F)c12. The summed E-state index contributed by atoms with van der Waals surface area (Å²) in [7, 11) is 1.50. The van der Waals surface area contributed by atoms with Gasteiger partial charge in [0.15, 0.2) is 12.6 Å². The number of carbonyl (C=O) groups excluding carboxylic acids is 1. The third-order valence-corrected chi connectivity index (χ3v) is 8.76. The van der Waals surface area contributed by atoms with Crippen molar-refractivity contribution >= 4 is 28.0 Å². The molecule has 2 saturated carbocycles. The van der Waals surface area contributed by atoms with Gasteiger partial charge in [0.05, 0.1) is 16.7 Å². The summed E-state index contributed by atoms with van der Waals surface area (Å²) in [6.07, 6.45) is 6.91. The van der Waals surface area contributed by atoms with Gasteiger partial charge in [-0.25, -0.2) is 8.78 Å². The van der Waals surface area contributed by atoms with Gasteiger partial charge in [0.25, 0.3) is 0 Å². The Balaban J connectivity index is 1.55. The van der Waals surface area contributed by atoms with E-state index in [1.807, 2.05) is 6.92 Å². The third kappa shape index (κ3) is 5.65. The molecule has 10 heteroatoms. The minimum atomic E-state index is -0.884. The second kappa shape index (κ2) is 11.4. The van der Waals surface area contributed by atoms with Gasteiger partial charge in [0, 0.05) is 30.2 Å². The Labute approximate surface area is 248 Å². The average Bonchev–Trinajstić information content (AvgIpc) is 3.79. The predicted octanol–water partition coefficient (Wildman–Crippen LogP) is 6.43. The lowest BCUT2D eigenvalue weighted by molar-refractivity contribution is -0.113. The first-order valence-electron chi connectivity index (χ1n) is 14.7. The van der Waals surface area contributed by atoms with Gasteiger partial charge < -0.3 is 24.1 Å². The molecule has 2 fully saturated rings. The Morgan fingerprint density at radius 3 is 2.65 bits per heavy atom. The van der Waals surface area contributed by atoms with E-state index >= 15 is 8.78 Å². The fraction of sp³-hybridized carbons (Fsp3) is 0.455. The van der Waals surface area contributed by atoms with E-state index in [4.69, 9.17) is 14.2 Å². The van der Waals surface area contributed by atoms with Crippen molar-refractivity contribution in [2.24, 2.45) is 5.41 Å². The molecule has 2 aliphatic carbocycles. The van der Waals surface area contributed by atoms with Gasteiger partial charge in [-0.3, -0.25) is 4.98 Å². The van der Waals surface area contributed by atoms with Crippen LogP contribution in [0.3, 0.4) is 0 Å². The summed E-state index contributed by atoms with van der Waals surface area (Å²) < 4.78 is 48.5. The number of ether oxygens (including phenoxy) is 3. The number of methoxy groups -OCH3 is 1. The predicted molar refractivity (Wildman–Crippen MR) is 157 cm³/mol. The number of aromatic nitrogens is 3. The molecule has 1 N–H and O–H groups in total. The number of fused-ring (bicyclic) bond motifs is 2. The Kier molecular flexibility index (Phi) is 7.76. The first-order valence-corrected chi connectivity index (χ1v) is 14.7. The van der Waals surface area contributed by atoms with E-state index in [1.54, 1.807) is 31.3 Å². The molecule has 43 heavy (non-hydrogen) atoms. The molecule has 4 aromatic rings. The molecule has 8 nitrogen and oxygen atoms in total. The van der Waals surface area contributed by atoms with Crippen molar-refractivity contribution in [3.05, 3.63) is 53.4 Å². The number of nitrogens with zero attached hydrogens (tertiary/aromatic N) is 3. The quantitative estimate of drug-likeness (QED) is 0.166. The van der Waals surface area contributed by atoms with E-state index in [1.165, 1.54) is 13.2 Å². The minimum Gasteiger partial charge on any atom is -0.468 e. The summed E-state index contributed by atoms with van der Waals surface area (Å²) in [5, 5.41) is 12.5.